The molecule has 1 aliphatic heterocycles. The van der Waals surface area contributed by atoms with Gasteiger partial charge in [-0.05, 0) is 51.9 Å². The standard InChI is InChI=1S/C14H31N3/c1-5-9-17(11-10-16(3)4)13-14(6-2)7-8-15-12-14/h15H,5-13H2,1-4H3. The Kier molecular flexibility index (Phi) is 6.45. The van der Waals surface area contributed by atoms with Gasteiger partial charge in [0.25, 0.3) is 0 Å². The number of hydrogen-bond donors (Lipinski definition) is 1. The molecule has 1 saturated heterocycles. The molecular formula is C14H31N3. The van der Waals surface area contributed by atoms with Gasteiger partial charge in [0.05, 0.1) is 0 Å². The van der Waals surface area contributed by atoms with E-state index in [9.17, 15) is 0 Å². The average molecular weight is 241 g/mol. The quantitative estimate of drug-likeness (QED) is 0.697. The van der Waals surface area contributed by atoms with Crippen molar-refractivity contribution in [1.29, 1.82) is 0 Å². The van der Waals surface area contributed by atoms with Gasteiger partial charge in [0.1, 0.15) is 0 Å². The Hall–Kier alpha value is -0.120. The molecule has 1 unspecified atom stereocenters. The van der Waals surface area contributed by atoms with Gasteiger partial charge in [-0.3, -0.25) is 0 Å². The Bertz CT molecular complexity index is 198. The molecule has 1 atom stereocenters. The monoisotopic (exact) mass is 241 g/mol. The van der Waals surface area contributed by atoms with Crippen LogP contribution in [0.3, 0.4) is 0 Å². The van der Waals surface area contributed by atoms with Crippen molar-refractivity contribution in [2.45, 2.75) is 33.1 Å². The fraction of sp³-hybridized carbons (Fsp3) is 1.00. The molecule has 17 heavy (non-hydrogen) atoms. The highest BCUT2D eigenvalue weighted by Crippen LogP contribution is 2.30. The molecular weight excluding hydrogens is 210 g/mol. The van der Waals surface area contributed by atoms with E-state index >= 15 is 0 Å². The number of hydrogen-bond acceptors (Lipinski definition) is 3. The minimum absolute atomic E-state index is 0.543. The van der Waals surface area contributed by atoms with Crippen LogP contribution in [-0.4, -0.2) is 63.2 Å². The van der Waals surface area contributed by atoms with E-state index in [4.69, 9.17) is 0 Å². The minimum Gasteiger partial charge on any atom is -0.316 e. The summed E-state index contributed by atoms with van der Waals surface area (Å²) in [6.07, 6.45) is 3.93. The van der Waals surface area contributed by atoms with Crippen LogP contribution in [0.15, 0.2) is 0 Å². The predicted molar refractivity (Wildman–Crippen MR) is 75.5 cm³/mol. The molecule has 102 valence electrons. The highest BCUT2D eigenvalue weighted by molar-refractivity contribution is 4.89. The highest BCUT2D eigenvalue weighted by atomic mass is 15.2. The molecule has 1 rings (SSSR count). The summed E-state index contributed by atoms with van der Waals surface area (Å²) in [7, 11) is 4.33. The number of rotatable bonds is 8. The SMILES string of the molecule is CCCN(CCN(C)C)CC1(CC)CCNC1. The molecule has 3 nitrogen and oxygen atoms in total. The zero-order valence-electron chi connectivity index (χ0n) is 12.3. The van der Waals surface area contributed by atoms with Gasteiger partial charge in [-0.2, -0.15) is 0 Å². The van der Waals surface area contributed by atoms with Crippen LogP contribution in [0.5, 0.6) is 0 Å². The van der Waals surface area contributed by atoms with Crippen LogP contribution in [0.4, 0.5) is 0 Å². The van der Waals surface area contributed by atoms with Crippen molar-refractivity contribution in [1.82, 2.24) is 15.1 Å². The molecule has 1 fully saturated rings. The number of nitrogens with one attached hydrogen (secondary N) is 1. The first-order valence-electron chi connectivity index (χ1n) is 7.19. The third-order valence-electron chi connectivity index (χ3n) is 4.04. The molecule has 1 heterocycles. The Labute approximate surface area is 108 Å². The highest BCUT2D eigenvalue weighted by Gasteiger charge is 2.33. The summed E-state index contributed by atoms with van der Waals surface area (Å²) in [4.78, 5) is 4.95. The number of nitrogens with zero attached hydrogens (tertiary/aromatic N) is 2. The van der Waals surface area contributed by atoms with Crippen molar-refractivity contribution < 1.29 is 0 Å². The van der Waals surface area contributed by atoms with Gasteiger partial charge in [0.15, 0.2) is 0 Å². The van der Waals surface area contributed by atoms with Crippen LogP contribution in [-0.2, 0) is 0 Å². The lowest BCUT2D eigenvalue weighted by atomic mass is 9.83. The molecule has 1 N–H and O–H groups in total. The maximum atomic E-state index is 3.54. The summed E-state index contributed by atoms with van der Waals surface area (Å²) >= 11 is 0. The van der Waals surface area contributed by atoms with E-state index in [2.05, 4.69) is 43.1 Å². The summed E-state index contributed by atoms with van der Waals surface area (Å²) < 4.78 is 0. The second-order valence-electron chi connectivity index (χ2n) is 5.86. The zero-order valence-corrected chi connectivity index (χ0v) is 12.3. The molecule has 0 bridgehead atoms. The maximum absolute atomic E-state index is 3.54. The van der Waals surface area contributed by atoms with E-state index in [1.54, 1.807) is 0 Å². The molecule has 0 radical (unpaired) electrons. The van der Waals surface area contributed by atoms with E-state index in [0.717, 1.165) is 0 Å². The number of likely N-dealkylation sites (N-methyl/N-ethyl adjacent to an activating group) is 1. The molecule has 0 aromatic carbocycles. The summed E-state index contributed by atoms with van der Waals surface area (Å²) in [6, 6.07) is 0. The van der Waals surface area contributed by atoms with Gasteiger partial charge in [0.2, 0.25) is 0 Å². The van der Waals surface area contributed by atoms with Crippen LogP contribution in [0.2, 0.25) is 0 Å². The Morgan fingerprint density at radius 3 is 2.35 bits per heavy atom. The molecule has 0 aliphatic carbocycles. The van der Waals surface area contributed by atoms with Crippen LogP contribution in [0, 0.1) is 5.41 Å². The van der Waals surface area contributed by atoms with Gasteiger partial charge in [-0.15, -0.1) is 0 Å². The van der Waals surface area contributed by atoms with E-state index < -0.39 is 0 Å². The Balaban J connectivity index is 2.46. The molecule has 0 saturated carbocycles. The topological polar surface area (TPSA) is 18.5 Å². The Morgan fingerprint density at radius 2 is 1.88 bits per heavy atom. The van der Waals surface area contributed by atoms with Crippen molar-refractivity contribution in [3.05, 3.63) is 0 Å². The van der Waals surface area contributed by atoms with E-state index in [1.165, 1.54) is 58.5 Å². The predicted octanol–water partition coefficient (Wildman–Crippen LogP) is 1.65. The normalized spacial score (nSPS) is 25.1. The minimum atomic E-state index is 0.543. The van der Waals surface area contributed by atoms with Crippen LogP contribution < -0.4 is 5.32 Å². The third kappa shape index (κ3) is 4.94. The summed E-state index contributed by atoms with van der Waals surface area (Å²) in [5, 5.41) is 3.54. The fourth-order valence-electron chi connectivity index (χ4n) is 2.75. The third-order valence-corrected chi connectivity index (χ3v) is 4.04. The molecule has 1 aliphatic rings. The van der Waals surface area contributed by atoms with E-state index in [-0.39, 0.29) is 0 Å². The molecule has 0 spiro atoms. The van der Waals surface area contributed by atoms with Crippen LogP contribution >= 0.6 is 0 Å². The summed E-state index contributed by atoms with van der Waals surface area (Å²) in [6.45, 7) is 12.0. The lowest BCUT2D eigenvalue weighted by Crippen LogP contribution is -2.42. The largest absolute Gasteiger partial charge is 0.316 e. The average Bonchev–Trinajstić information content (AvgIpc) is 2.75. The second kappa shape index (κ2) is 7.34. The lowest BCUT2D eigenvalue weighted by Gasteiger charge is -2.34. The lowest BCUT2D eigenvalue weighted by molar-refractivity contribution is 0.148. The van der Waals surface area contributed by atoms with Crippen molar-refractivity contribution in [2.75, 3.05) is 53.4 Å². The first-order chi connectivity index (χ1) is 8.12. The van der Waals surface area contributed by atoms with Crippen molar-refractivity contribution in [2.24, 2.45) is 5.41 Å². The van der Waals surface area contributed by atoms with Gasteiger partial charge < -0.3 is 15.1 Å². The van der Waals surface area contributed by atoms with Gasteiger partial charge in [-0.25, -0.2) is 0 Å². The first-order valence-corrected chi connectivity index (χ1v) is 7.19. The van der Waals surface area contributed by atoms with Crippen LogP contribution in [0.1, 0.15) is 33.1 Å². The summed E-state index contributed by atoms with van der Waals surface area (Å²) in [5.41, 5.74) is 0.543. The van der Waals surface area contributed by atoms with E-state index in [0.29, 0.717) is 5.41 Å². The van der Waals surface area contributed by atoms with Gasteiger partial charge in [-0.1, -0.05) is 13.8 Å². The molecule has 0 aromatic rings. The smallest absolute Gasteiger partial charge is 0.0109 e. The second-order valence-corrected chi connectivity index (χ2v) is 5.86. The Morgan fingerprint density at radius 1 is 1.12 bits per heavy atom. The maximum Gasteiger partial charge on any atom is 0.0109 e. The van der Waals surface area contributed by atoms with Gasteiger partial charge in [0, 0.05) is 26.2 Å². The summed E-state index contributed by atoms with van der Waals surface area (Å²) in [5.74, 6) is 0. The molecule has 3 heteroatoms. The first kappa shape index (κ1) is 14.9. The zero-order chi connectivity index (χ0) is 12.7. The molecule has 0 aromatic heterocycles. The van der Waals surface area contributed by atoms with Crippen molar-refractivity contribution in [3.8, 4) is 0 Å². The van der Waals surface area contributed by atoms with Crippen LogP contribution in [0.25, 0.3) is 0 Å². The van der Waals surface area contributed by atoms with Gasteiger partial charge >= 0.3 is 0 Å². The molecule has 0 amide bonds. The fourth-order valence-corrected chi connectivity index (χ4v) is 2.75. The van der Waals surface area contributed by atoms with E-state index in [1.807, 2.05) is 0 Å². The van der Waals surface area contributed by atoms with Crippen molar-refractivity contribution in [3.63, 3.8) is 0 Å². The van der Waals surface area contributed by atoms with Crippen molar-refractivity contribution >= 4 is 0 Å².